The monoisotopic (exact) mass is 400 g/mol. The van der Waals surface area contributed by atoms with Crippen LogP contribution in [-0.4, -0.2) is 34.1 Å². The molecule has 0 aromatic carbocycles. The van der Waals surface area contributed by atoms with Gasteiger partial charge in [0.1, 0.15) is 6.10 Å². The van der Waals surface area contributed by atoms with Crippen LogP contribution in [0.1, 0.15) is 142 Å². The highest BCUT2D eigenvalue weighted by molar-refractivity contribution is 4.65. The zero-order valence-electron chi connectivity index (χ0n) is 19.1. The Morgan fingerprint density at radius 2 is 0.714 bits per heavy atom. The van der Waals surface area contributed by atoms with Gasteiger partial charge >= 0.3 is 0 Å². The third kappa shape index (κ3) is 20.6. The molecule has 1 unspecified atom stereocenters. The van der Waals surface area contributed by atoms with Crippen molar-refractivity contribution in [2.45, 2.75) is 154 Å². The number of hydrogen-bond donors (Lipinski definition) is 3. The Kier molecular flexibility index (Phi) is 23.1. The summed E-state index contributed by atoms with van der Waals surface area (Å²) in [6.07, 6.45) is 26.1. The second kappa shape index (κ2) is 23.2. The van der Waals surface area contributed by atoms with E-state index in [9.17, 15) is 10.2 Å². The topological polar surface area (TPSA) is 60.7 Å². The van der Waals surface area contributed by atoms with Gasteiger partial charge in [0.15, 0.2) is 0 Å². The molecule has 3 N–H and O–H groups in total. The van der Waals surface area contributed by atoms with Gasteiger partial charge in [-0.1, -0.05) is 135 Å². The zero-order valence-corrected chi connectivity index (χ0v) is 19.1. The van der Waals surface area contributed by atoms with Gasteiger partial charge in [-0.05, 0) is 6.42 Å². The minimum absolute atomic E-state index is 0.347. The van der Waals surface area contributed by atoms with Crippen LogP contribution < -0.4 is 0 Å². The summed E-state index contributed by atoms with van der Waals surface area (Å²) in [4.78, 5) is 0. The van der Waals surface area contributed by atoms with Gasteiger partial charge in [-0.3, -0.25) is 0 Å². The summed E-state index contributed by atoms with van der Waals surface area (Å²) in [5.74, 6) is 0. The minimum atomic E-state index is -0.972. The fraction of sp³-hybridized carbons (Fsp3) is 1.00. The van der Waals surface area contributed by atoms with E-state index in [0.29, 0.717) is 6.42 Å². The van der Waals surface area contributed by atoms with Crippen LogP contribution in [0.2, 0.25) is 0 Å². The second-order valence-corrected chi connectivity index (χ2v) is 8.82. The Labute approximate surface area is 176 Å². The lowest BCUT2D eigenvalue weighted by molar-refractivity contribution is -0.0185. The SMILES string of the molecule is CCCCCCCCCCCCCCCCCCCCCCC(O)[C@@H](O)CO. The lowest BCUT2D eigenvalue weighted by atomic mass is 10.0. The van der Waals surface area contributed by atoms with Crippen molar-refractivity contribution in [2.75, 3.05) is 6.61 Å². The van der Waals surface area contributed by atoms with E-state index < -0.39 is 12.2 Å². The van der Waals surface area contributed by atoms with Crippen molar-refractivity contribution in [1.29, 1.82) is 0 Å². The molecular formula is C25H52O3. The van der Waals surface area contributed by atoms with Crippen molar-refractivity contribution in [2.24, 2.45) is 0 Å². The standard InChI is InChI=1S/C25H52O3/c1-2-3-4-5-6-7-8-9-10-11-12-13-14-15-16-17-18-19-20-21-22-24(27)25(28)23-26/h24-28H,2-23H2,1H3/t24?,25-/m0/s1. The van der Waals surface area contributed by atoms with Gasteiger partial charge < -0.3 is 15.3 Å². The largest absolute Gasteiger partial charge is 0.394 e. The molecule has 3 nitrogen and oxygen atoms in total. The number of aliphatic hydroxyl groups is 3. The normalized spacial score (nSPS) is 13.7. The summed E-state index contributed by atoms with van der Waals surface area (Å²) in [5.41, 5.74) is 0. The molecule has 170 valence electrons. The molecular weight excluding hydrogens is 348 g/mol. The van der Waals surface area contributed by atoms with Crippen LogP contribution in [-0.2, 0) is 0 Å². The Morgan fingerprint density at radius 1 is 0.429 bits per heavy atom. The van der Waals surface area contributed by atoms with Crippen LogP contribution in [0, 0.1) is 0 Å². The molecule has 0 aliphatic heterocycles. The molecule has 2 atom stereocenters. The first-order chi connectivity index (χ1) is 13.7. The maximum atomic E-state index is 9.56. The summed E-state index contributed by atoms with van der Waals surface area (Å²) in [6.45, 7) is 1.94. The van der Waals surface area contributed by atoms with Crippen LogP contribution in [0.25, 0.3) is 0 Å². The van der Waals surface area contributed by atoms with Gasteiger partial charge in [0.2, 0.25) is 0 Å². The van der Waals surface area contributed by atoms with E-state index in [1.54, 1.807) is 0 Å². The van der Waals surface area contributed by atoms with E-state index in [-0.39, 0.29) is 6.61 Å². The average molecular weight is 401 g/mol. The van der Waals surface area contributed by atoms with Gasteiger partial charge in [0, 0.05) is 0 Å². The van der Waals surface area contributed by atoms with Gasteiger partial charge in [-0.15, -0.1) is 0 Å². The van der Waals surface area contributed by atoms with E-state index >= 15 is 0 Å². The molecule has 0 bridgehead atoms. The van der Waals surface area contributed by atoms with E-state index in [1.807, 2.05) is 0 Å². The summed E-state index contributed by atoms with van der Waals surface area (Å²) < 4.78 is 0. The number of rotatable bonds is 23. The molecule has 0 spiro atoms. The van der Waals surface area contributed by atoms with Crippen molar-refractivity contribution in [1.82, 2.24) is 0 Å². The zero-order chi connectivity index (χ0) is 20.7. The Bertz CT molecular complexity index is 283. The Balaban J connectivity index is 3.07. The fourth-order valence-electron chi connectivity index (χ4n) is 3.92. The summed E-state index contributed by atoms with van der Waals surface area (Å²) in [5, 5.41) is 27.6. The fourth-order valence-corrected chi connectivity index (χ4v) is 3.92. The first kappa shape index (κ1) is 27.9. The molecule has 0 saturated carbocycles. The summed E-state index contributed by atoms with van der Waals surface area (Å²) >= 11 is 0. The van der Waals surface area contributed by atoms with Gasteiger partial charge in [0.25, 0.3) is 0 Å². The predicted octanol–water partition coefficient (Wildman–Crippen LogP) is 6.91. The van der Waals surface area contributed by atoms with Crippen LogP contribution in [0.15, 0.2) is 0 Å². The predicted molar refractivity (Wildman–Crippen MR) is 122 cm³/mol. The van der Waals surface area contributed by atoms with Crippen LogP contribution >= 0.6 is 0 Å². The Morgan fingerprint density at radius 3 is 1.00 bits per heavy atom. The molecule has 0 fully saturated rings. The smallest absolute Gasteiger partial charge is 0.103 e. The maximum Gasteiger partial charge on any atom is 0.103 e. The van der Waals surface area contributed by atoms with Crippen molar-refractivity contribution in [3.8, 4) is 0 Å². The molecule has 28 heavy (non-hydrogen) atoms. The molecule has 0 rings (SSSR count). The van der Waals surface area contributed by atoms with Gasteiger partial charge in [-0.25, -0.2) is 0 Å². The number of aliphatic hydroxyl groups excluding tert-OH is 3. The van der Waals surface area contributed by atoms with Crippen molar-refractivity contribution < 1.29 is 15.3 Å². The molecule has 0 aliphatic rings. The van der Waals surface area contributed by atoms with Crippen molar-refractivity contribution in [3.05, 3.63) is 0 Å². The van der Waals surface area contributed by atoms with E-state index in [0.717, 1.165) is 12.8 Å². The quantitative estimate of drug-likeness (QED) is 0.163. The molecule has 0 saturated heterocycles. The third-order valence-corrected chi connectivity index (χ3v) is 5.98. The molecule has 0 aliphatic carbocycles. The first-order valence-corrected chi connectivity index (χ1v) is 12.7. The van der Waals surface area contributed by atoms with Crippen LogP contribution in [0.3, 0.4) is 0 Å². The van der Waals surface area contributed by atoms with Crippen molar-refractivity contribution >= 4 is 0 Å². The Hall–Kier alpha value is -0.120. The molecule has 0 heterocycles. The van der Waals surface area contributed by atoms with Crippen LogP contribution in [0.5, 0.6) is 0 Å². The summed E-state index contributed by atoms with van der Waals surface area (Å²) in [6, 6.07) is 0. The summed E-state index contributed by atoms with van der Waals surface area (Å²) in [7, 11) is 0. The molecule has 0 amide bonds. The maximum absolute atomic E-state index is 9.56. The third-order valence-electron chi connectivity index (χ3n) is 5.98. The first-order valence-electron chi connectivity index (χ1n) is 12.7. The highest BCUT2D eigenvalue weighted by Crippen LogP contribution is 2.15. The minimum Gasteiger partial charge on any atom is -0.394 e. The number of unbranched alkanes of at least 4 members (excludes halogenated alkanes) is 19. The molecule has 0 aromatic heterocycles. The number of hydrogen-bond acceptors (Lipinski definition) is 3. The van der Waals surface area contributed by atoms with Gasteiger partial charge in [0.05, 0.1) is 12.7 Å². The average Bonchev–Trinajstić information content (AvgIpc) is 2.71. The van der Waals surface area contributed by atoms with Gasteiger partial charge in [-0.2, -0.15) is 0 Å². The molecule has 3 heteroatoms. The van der Waals surface area contributed by atoms with E-state index in [1.165, 1.54) is 116 Å². The van der Waals surface area contributed by atoms with Crippen LogP contribution in [0.4, 0.5) is 0 Å². The lowest BCUT2D eigenvalue weighted by Crippen LogP contribution is -2.28. The second-order valence-electron chi connectivity index (χ2n) is 8.82. The highest BCUT2D eigenvalue weighted by Gasteiger charge is 2.13. The highest BCUT2D eigenvalue weighted by atomic mass is 16.4. The van der Waals surface area contributed by atoms with Crippen molar-refractivity contribution in [3.63, 3.8) is 0 Å². The molecule has 0 aromatic rings. The molecule has 0 radical (unpaired) electrons. The van der Waals surface area contributed by atoms with E-state index in [4.69, 9.17) is 5.11 Å². The lowest BCUT2D eigenvalue weighted by Gasteiger charge is -2.14. The van der Waals surface area contributed by atoms with E-state index in [2.05, 4.69) is 6.92 Å².